The fourth-order valence-corrected chi connectivity index (χ4v) is 1.98. The molecule has 0 aliphatic rings. The summed E-state index contributed by atoms with van der Waals surface area (Å²) in [6.07, 6.45) is 1.34. The molecule has 0 aliphatic heterocycles. The van der Waals surface area contributed by atoms with Crippen LogP contribution in [0.1, 0.15) is 0 Å². The Morgan fingerprint density at radius 2 is 2.35 bits per heavy atom. The molecule has 0 saturated carbocycles. The van der Waals surface area contributed by atoms with Crippen molar-refractivity contribution in [3.8, 4) is 5.75 Å². The summed E-state index contributed by atoms with van der Waals surface area (Å²) in [6.45, 7) is 0. The molecule has 88 valence electrons. The molecule has 0 bridgehead atoms. The van der Waals surface area contributed by atoms with Crippen molar-refractivity contribution in [1.29, 1.82) is 0 Å². The molecule has 0 fully saturated rings. The van der Waals surface area contributed by atoms with Gasteiger partial charge in [-0.2, -0.15) is 5.10 Å². The summed E-state index contributed by atoms with van der Waals surface area (Å²) in [5, 5.41) is 17.7. The van der Waals surface area contributed by atoms with Crippen LogP contribution in [0.5, 0.6) is 5.75 Å². The van der Waals surface area contributed by atoms with Crippen LogP contribution in [0.15, 0.2) is 34.6 Å². The summed E-state index contributed by atoms with van der Waals surface area (Å²) in [5.74, 6) is 0.443. The quantitative estimate of drug-likeness (QED) is 0.659. The Morgan fingerprint density at radius 1 is 1.53 bits per heavy atom. The molecule has 0 saturated heterocycles. The number of nitro groups is 1. The van der Waals surface area contributed by atoms with Gasteiger partial charge in [-0.05, 0) is 23.9 Å². The Balaban J connectivity index is 2.36. The van der Waals surface area contributed by atoms with E-state index in [1.165, 1.54) is 19.5 Å². The van der Waals surface area contributed by atoms with Crippen LogP contribution < -0.4 is 4.74 Å². The highest BCUT2D eigenvalue weighted by molar-refractivity contribution is 7.99. The van der Waals surface area contributed by atoms with E-state index in [2.05, 4.69) is 15.2 Å². The number of aromatic nitrogens is 3. The van der Waals surface area contributed by atoms with E-state index < -0.39 is 4.92 Å². The number of nitro benzene ring substituents is 1. The lowest BCUT2D eigenvalue weighted by Crippen LogP contribution is -1.93. The Kier molecular flexibility index (Phi) is 3.24. The highest BCUT2D eigenvalue weighted by Gasteiger charge is 2.17. The van der Waals surface area contributed by atoms with Crippen molar-refractivity contribution in [3.63, 3.8) is 0 Å². The number of aromatic amines is 1. The molecule has 8 heteroatoms. The Labute approximate surface area is 100 Å². The normalized spacial score (nSPS) is 10.2. The van der Waals surface area contributed by atoms with E-state index in [1.807, 2.05) is 0 Å². The largest absolute Gasteiger partial charge is 0.497 e. The summed E-state index contributed by atoms with van der Waals surface area (Å²) in [7, 11) is 1.46. The fraction of sp³-hybridized carbons (Fsp3) is 0.111. The molecule has 0 aliphatic carbocycles. The summed E-state index contributed by atoms with van der Waals surface area (Å²) < 4.78 is 4.95. The van der Waals surface area contributed by atoms with Gasteiger partial charge in [-0.3, -0.25) is 15.2 Å². The maximum atomic E-state index is 10.9. The van der Waals surface area contributed by atoms with Crippen molar-refractivity contribution in [1.82, 2.24) is 15.2 Å². The van der Waals surface area contributed by atoms with Gasteiger partial charge in [0.05, 0.1) is 23.0 Å². The number of nitrogens with zero attached hydrogens (tertiary/aromatic N) is 3. The summed E-state index contributed by atoms with van der Waals surface area (Å²) in [4.78, 5) is 14.8. The zero-order valence-electron chi connectivity index (χ0n) is 8.78. The van der Waals surface area contributed by atoms with Gasteiger partial charge in [0, 0.05) is 0 Å². The number of ether oxygens (including phenoxy) is 1. The minimum atomic E-state index is -0.457. The van der Waals surface area contributed by atoms with Crippen LogP contribution in [0.3, 0.4) is 0 Å². The molecule has 1 heterocycles. The molecule has 2 rings (SSSR count). The lowest BCUT2D eigenvalue weighted by Gasteiger charge is -2.03. The fourth-order valence-electron chi connectivity index (χ4n) is 1.20. The molecule has 1 aromatic carbocycles. The first kappa shape index (κ1) is 11.4. The minimum Gasteiger partial charge on any atom is -0.497 e. The first-order valence-electron chi connectivity index (χ1n) is 4.56. The SMILES string of the molecule is COc1ccc(Sc2ncn[nH]2)c([N+](=O)[O-])c1. The molecule has 1 aromatic heterocycles. The van der Waals surface area contributed by atoms with Crippen LogP contribution in [0, 0.1) is 10.1 Å². The maximum Gasteiger partial charge on any atom is 0.287 e. The van der Waals surface area contributed by atoms with Gasteiger partial charge in [-0.25, -0.2) is 4.98 Å². The zero-order chi connectivity index (χ0) is 12.3. The average molecular weight is 252 g/mol. The van der Waals surface area contributed by atoms with Gasteiger partial charge in [0.2, 0.25) is 0 Å². The molecule has 1 N–H and O–H groups in total. The molecule has 17 heavy (non-hydrogen) atoms. The van der Waals surface area contributed by atoms with Crippen molar-refractivity contribution in [2.24, 2.45) is 0 Å². The summed E-state index contributed by atoms with van der Waals surface area (Å²) in [6, 6.07) is 4.65. The van der Waals surface area contributed by atoms with E-state index in [9.17, 15) is 10.1 Å². The second kappa shape index (κ2) is 4.83. The molecular weight excluding hydrogens is 244 g/mol. The van der Waals surface area contributed by atoms with E-state index in [-0.39, 0.29) is 5.69 Å². The van der Waals surface area contributed by atoms with E-state index in [4.69, 9.17) is 4.74 Å². The molecule has 0 radical (unpaired) electrons. The third kappa shape index (κ3) is 2.53. The van der Waals surface area contributed by atoms with Crippen LogP contribution in [-0.2, 0) is 0 Å². The van der Waals surface area contributed by atoms with Crippen LogP contribution in [0.25, 0.3) is 0 Å². The van der Waals surface area contributed by atoms with Crippen LogP contribution in [0.4, 0.5) is 5.69 Å². The minimum absolute atomic E-state index is 0.0225. The van der Waals surface area contributed by atoms with Crippen molar-refractivity contribution >= 4 is 17.4 Å². The molecule has 0 atom stereocenters. The highest BCUT2D eigenvalue weighted by Crippen LogP contribution is 2.35. The number of nitrogens with one attached hydrogen (secondary N) is 1. The summed E-state index contributed by atoms with van der Waals surface area (Å²) in [5.41, 5.74) is -0.0225. The predicted molar refractivity (Wildman–Crippen MR) is 60.2 cm³/mol. The van der Waals surface area contributed by atoms with E-state index in [0.717, 1.165) is 11.8 Å². The maximum absolute atomic E-state index is 10.9. The third-order valence-electron chi connectivity index (χ3n) is 1.96. The Hall–Kier alpha value is -2.09. The van der Waals surface area contributed by atoms with Crippen LogP contribution in [-0.4, -0.2) is 27.2 Å². The van der Waals surface area contributed by atoms with Gasteiger partial charge in [0.1, 0.15) is 12.1 Å². The number of hydrogen-bond acceptors (Lipinski definition) is 6. The van der Waals surface area contributed by atoms with Crippen LogP contribution >= 0.6 is 11.8 Å². The average Bonchev–Trinajstić information content (AvgIpc) is 2.82. The monoisotopic (exact) mass is 252 g/mol. The zero-order valence-corrected chi connectivity index (χ0v) is 9.60. The molecule has 2 aromatic rings. The Morgan fingerprint density at radius 3 is 2.94 bits per heavy atom. The van der Waals surface area contributed by atoms with Gasteiger partial charge in [0.15, 0.2) is 5.16 Å². The number of H-pyrrole nitrogens is 1. The van der Waals surface area contributed by atoms with E-state index in [1.54, 1.807) is 12.1 Å². The van der Waals surface area contributed by atoms with Crippen molar-refractivity contribution in [3.05, 3.63) is 34.6 Å². The molecule has 7 nitrogen and oxygen atoms in total. The van der Waals surface area contributed by atoms with Crippen molar-refractivity contribution in [2.45, 2.75) is 10.1 Å². The smallest absolute Gasteiger partial charge is 0.287 e. The number of benzene rings is 1. The first-order chi connectivity index (χ1) is 8.20. The number of rotatable bonds is 4. The molecule has 0 spiro atoms. The van der Waals surface area contributed by atoms with E-state index >= 15 is 0 Å². The van der Waals surface area contributed by atoms with Crippen LogP contribution in [0.2, 0.25) is 0 Å². The third-order valence-corrected chi connectivity index (χ3v) is 2.92. The second-order valence-corrected chi connectivity index (χ2v) is 4.01. The van der Waals surface area contributed by atoms with Gasteiger partial charge in [-0.15, -0.1) is 0 Å². The summed E-state index contributed by atoms with van der Waals surface area (Å²) >= 11 is 1.14. The van der Waals surface area contributed by atoms with Gasteiger partial charge >= 0.3 is 0 Å². The first-order valence-corrected chi connectivity index (χ1v) is 5.38. The number of hydrogen-bond donors (Lipinski definition) is 1. The lowest BCUT2D eigenvalue weighted by molar-refractivity contribution is -0.387. The van der Waals surface area contributed by atoms with Gasteiger partial charge in [0.25, 0.3) is 5.69 Å². The second-order valence-electron chi connectivity index (χ2n) is 2.98. The topological polar surface area (TPSA) is 93.9 Å². The van der Waals surface area contributed by atoms with Crippen molar-refractivity contribution in [2.75, 3.05) is 7.11 Å². The lowest BCUT2D eigenvalue weighted by atomic mass is 10.3. The highest BCUT2D eigenvalue weighted by atomic mass is 32.2. The van der Waals surface area contributed by atoms with E-state index in [0.29, 0.717) is 15.8 Å². The molecule has 0 amide bonds. The van der Waals surface area contributed by atoms with Gasteiger partial charge in [-0.1, -0.05) is 0 Å². The van der Waals surface area contributed by atoms with Crippen molar-refractivity contribution < 1.29 is 9.66 Å². The number of methoxy groups -OCH3 is 1. The standard InChI is InChI=1S/C9H8N4O3S/c1-16-6-2-3-8(7(4-6)13(14)15)17-9-10-5-11-12-9/h2-5H,1H3,(H,10,11,12). The Bertz CT molecular complexity index is 529. The molecular formula is C9H8N4O3S. The van der Waals surface area contributed by atoms with Gasteiger partial charge < -0.3 is 4.74 Å². The predicted octanol–water partition coefficient (Wildman–Crippen LogP) is 1.87. The molecule has 0 unspecified atom stereocenters.